The van der Waals surface area contributed by atoms with Crippen molar-refractivity contribution in [3.8, 4) is 17.2 Å². The van der Waals surface area contributed by atoms with Crippen LogP contribution in [-0.4, -0.2) is 22.5 Å². The minimum atomic E-state index is -4.48. The van der Waals surface area contributed by atoms with Gasteiger partial charge in [0.25, 0.3) is 5.91 Å². The van der Waals surface area contributed by atoms with Crippen LogP contribution >= 0.6 is 0 Å². The van der Waals surface area contributed by atoms with Crippen LogP contribution in [0, 0.1) is 6.92 Å². The van der Waals surface area contributed by atoms with Gasteiger partial charge < -0.3 is 14.8 Å². The third-order valence-electron chi connectivity index (χ3n) is 4.13. The van der Waals surface area contributed by atoms with Gasteiger partial charge in [-0.1, -0.05) is 12.1 Å². The normalized spacial score (nSPS) is 12.9. The summed E-state index contributed by atoms with van der Waals surface area (Å²) in [5.74, 6) is 0.519. The minimum absolute atomic E-state index is 0.0148. The number of ether oxygens (including phenoxy) is 2. The summed E-state index contributed by atoms with van der Waals surface area (Å²) >= 11 is 0. The summed E-state index contributed by atoms with van der Waals surface area (Å²) in [6.07, 6.45) is -4.48. The van der Waals surface area contributed by atoms with Crippen LogP contribution in [0.3, 0.4) is 0 Å². The Labute approximate surface area is 157 Å². The number of amides is 1. The quantitative estimate of drug-likeness (QED) is 0.730. The third-order valence-corrected chi connectivity index (χ3v) is 4.13. The molecule has 1 aromatic heterocycles. The first-order chi connectivity index (χ1) is 13.3. The highest BCUT2D eigenvalue weighted by Crippen LogP contribution is 2.36. The van der Waals surface area contributed by atoms with Gasteiger partial charge in [-0.2, -0.15) is 18.3 Å². The standard InChI is InChI=1S/C19H14F3N3O3/c1-11-8-16(23-18(26)14-6-3-7-15-17(14)28-10-27-15)25(24-11)13-5-2-4-12(9-13)19(20,21)22/h2-9H,10H2,1H3,(H,23,26). The number of alkyl halides is 3. The SMILES string of the molecule is Cc1cc(NC(=O)c2cccc3c2OCO3)n(-c2cccc(C(F)(F)F)c2)n1. The summed E-state index contributed by atoms with van der Waals surface area (Å²) in [4.78, 5) is 12.7. The highest BCUT2D eigenvalue weighted by molar-refractivity contribution is 6.06. The van der Waals surface area contributed by atoms with E-state index in [0.717, 1.165) is 12.1 Å². The number of hydrogen-bond donors (Lipinski definition) is 1. The van der Waals surface area contributed by atoms with E-state index < -0.39 is 17.6 Å². The van der Waals surface area contributed by atoms with Crippen LogP contribution in [0.5, 0.6) is 11.5 Å². The Morgan fingerprint density at radius 1 is 1.14 bits per heavy atom. The van der Waals surface area contributed by atoms with E-state index in [-0.39, 0.29) is 23.9 Å². The number of para-hydroxylation sites is 1. The predicted octanol–water partition coefficient (Wildman–Crippen LogP) is 4.18. The van der Waals surface area contributed by atoms with Gasteiger partial charge >= 0.3 is 6.18 Å². The Morgan fingerprint density at radius 3 is 2.71 bits per heavy atom. The van der Waals surface area contributed by atoms with Gasteiger partial charge in [-0.15, -0.1) is 0 Å². The molecule has 0 radical (unpaired) electrons. The minimum Gasteiger partial charge on any atom is -0.454 e. The van der Waals surface area contributed by atoms with Crippen molar-refractivity contribution in [3.63, 3.8) is 0 Å². The maximum Gasteiger partial charge on any atom is 0.416 e. The molecular formula is C19H14F3N3O3. The molecule has 4 rings (SSSR count). The summed E-state index contributed by atoms with van der Waals surface area (Å²) in [6, 6.07) is 11.2. The van der Waals surface area contributed by atoms with Crippen molar-refractivity contribution in [1.29, 1.82) is 0 Å². The Morgan fingerprint density at radius 2 is 1.93 bits per heavy atom. The smallest absolute Gasteiger partial charge is 0.416 e. The van der Waals surface area contributed by atoms with Crippen molar-refractivity contribution >= 4 is 11.7 Å². The number of benzene rings is 2. The first-order valence-corrected chi connectivity index (χ1v) is 8.27. The lowest BCUT2D eigenvalue weighted by molar-refractivity contribution is -0.137. The number of halogens is 3. The average molecular weight is 389 g/mol. The second-order valence-electron chi connectivity index (χ2n) is 6.12. The average Bonchev–Trinajstić information content (AvgIpc) is 3.27. The molecule has 0 spiro atoms. The number of fused-ring (bicyclic) bond motifs is 1. The van der Waals surface area contributed by atoms with Crippen LogP contribution in [-0.2, 0) is 6.18 Å². The summed E-state index contributed by atoms with van der Waals surface area (Å²) in [6.45, 7) is 1.69. The Kier molecular flexibility index (Phi) is 4.21. The molecule has 0 atom stereocenters. The van der Waals surface area contributed by atoms with Gasteiger partial charge in [0, 0.05) is 6.07 Å². The van der Waals surface area contributed by atoms with Gasteiger partial charge in [0.2, 0.25) is 6.79 Å². The molecule has 0 aliphatic carbocycles. The number of nitrogens with zero attached hydrogens (tertiary/aromatic N) is 2. The molecular weight excluding hydrogens is 375 g/mol. The number of carbonyl (C=O) groups excluding carboxylic acids is 1. The fourth-order valence-electron chi connectivity index (χ4n) is 2.89. The lowest BCUT2D eigenvalue weighted by atomic mass is 10.1. The van der Waals surface area contributed by atoms with E-state index in [4.69, 9.17) is 9.47 Å². The second-order valence-corrected chi connectivity index (χ2v) is 6.12. The molecule has 9 heteroatoms. The van der Waals surface area contributed by atoms with E-state index >= 15 is 0 Å². The van der Waals surface area contributed by atoms with Gasteiger partial charge in [0.15, 0.2) is 11.5 Å². The zero-order chi connectivity index (χ0) is 19.9. The molecule has 1 aliphatic heterocycles. The lowest BCUT2D eigenvalue weighted by Crippen LogP contribution is -2.16. The summed E-state index contributed by atoms with van der Waals surface area (Å²) in [7, 11) is 0. The van der Waals surface area contributed by atoms with Crippen LogP contribution in [0.4, 0.5) is 19.0 Å². The molecule has 6 nitrogen and oxygen atoms in total. The first kappa shape index (κ1) is 17.9. The molecule has 28 heavy (non-hydrogen) atoms. The topological polar surface area (TPSA) is 65.4 Å². The van der Waals surface area contributed by atoms with Gasteiger partial charge in [-0.3, -0.25) is 4.79 Å². The number of rotatable bonds is 3. The molecule has 1 amide bonds. The van der Waals surface area contributed by atoms with Crippen LogP contribution in [0.25, 0.3) is 5.69 Å². The molecule has 0 bridgehead atoms. The highest BCUT2D eigenvalue weighted by Gasteiger charge is 2.31. The fourth-order valence-corrected chi connectivity index (χ4v) is 2.89. The summed E-state index contributed by atoms with van der Waals surface area (Å²) in [5.41, 5.74) is 0.160. The molecule has 0 fully saturated rings. The lowest BCUT2D eigenvalue weighted by Gasteiger charge is -2.12. The molecule has 1 aliphatic rings. The maximum absolute atomic E-state index is 13.0. The van der Waals surface area contributed by atoms with E-state index in [2.05, 4.69) is 10.4 Å². The van der Waals surface area contributed by atoms with Gasteiger partial charge in [-0.25, -0.2) is 4.68 Å². The molecule has 0 unspecified atom stereocenters. The first-order valence-electron chi connectivity index (χ1n) is 8.27. The predicted molar refractivity (Wildman–Crippen MR) is 93.8 cm³/mol. The van der Waals surface area contributed by atoms with Crippen molar-refractivity contribution in [2.24, 2.45) is 0 Å². The fraction of sp³-hybridized carbons (Fsp3) is 0.158. The van der Waals surface area contributed by atoms with Crippen molar-refractivity contribution in [3.05, 3.63) is 65.4 Å². The number of anilines is 1. The number of nitrogens with one attached hydrogen (secondary N) is 1. The van der Waals surface area contributed by atoms with Crippen LogP contribution in [0.1, 0.15) is 21.6 Å². The Bertz CT molecular complexity index is 1060. The third kappa shape index (κ3) is 3.26. The zero-order valence-electron chi connectivity index (χ0n) is 14.6. The van der Waals surface area contributed by atoms with E-state index in [1.165, 1.54) is 16.8 Å². The summed E-state index contributed by atoms with van der Waals surface area (Å²) in [5, 5.41) is 6.88. The Balaban J connectivity index is 1.68. The van der Waals surface area contributed by atoms with Crippen molar-refractivity contribution in [1.82, 2.24) is 9.78 Å². The van der Waals surface area contributed by atoms with E-state index in [1.54, 1.807) is 31.2 Å². The monoisotopic (exact) mass is 389 g/mol. The molecule has 0 saturated carbocycles. The number of aryl methyl sites for hydroxylation is 1. The molecule has 1 N–H and O–H groups in total. The van der Waals surface area contributed by atoms with E-state index in [0.29, 0.717) is 17.2 Å². The van der Waals surface area contributed by atoms with Crippen LogP contribution < -0.4 is 14.8 Å². The van der Waals surface area contributed by atoms with Crippen LogP contribution in [0.2, 0.25) is 0 Å². The molecule has 3 aromatic rings. The van der Waals surface area contributed by atoms with Crippen molar-refractivity contribution in [2.45, 2.75) is 13.1 Å². The highest BCUT2D eigenvalue weighted by atomic mass is 19.4. The number of aromatic nitrogens is 2. The van der Waals surface area contributed by atoms with Gasteiger partial charge in [-0.05, 0) is 37.3 Å². The largest absolute Gasteiger partial charge is 0.454 e. The molecule has 144 valence electrons. The van der Waals surface area contributed by atoms with Crippen molar-refractivity contribution in [2.75, 3.05) is 12.1 Å². The van der Waals surface area contributed by atoms with E-state index in [9.17, 15) is 18.0 Å². The Hall–Kier alpha value is -3.49. The van der Waals surface area contributed by atoms with Crippen molar-refractivity contribution < 1.29 is 27.4 Å². The summed E-state index contributed by atoms with van der Waals surface area (Å²) < 4.78 is 50.9. The number of carbonyl (C=O) groups is 1. The molecule has 2 aromatic carbocycles. The second kappa shape index (κ2) is 6.59. The van der Waals surface area contributed by atoms with Gasteiger partial charge in [0.1, 0.15) is 5.82 Å². The molecule has 0 saturated heterocycles. The number of hydrogen-bond acceptors (Lipinski definition) is 4. The molecule has 2 heterocycles. The van der Waals surface area contributed by atoms with Crippen LogP contribution in [0.15, 0.2) is 48.5 Å². The zero-order valence-corrected chi connectivity index (χ0v) is 14.6. The van der Waals surface area contributed by atoms with E-state index in [1.807, 2.05) is 0 Å². The van der Waals surface area contributed by atoms with Gasteiger partial charge in [0.05, 0.1) is 22.5 Å². The maximum atomic E-state index is 13.0.